The highest BCUT2D eigenvalue weighted by Gasteiger charge is 2.29. The summed E-state index contributed by atoms with van der Waals surface area (Å²) < 4.78 is 40.2. The largest absolute Gasteiger partial charge is 0.416 e. The van der Waals surface area contributed by atoms with Gasteiger partial charge in [-0.15, -0.1) is 0 Å². The van der Waals surface area contributed by atoms with Crippen molar-refractivity contribution >= 4 is 0 Å². The third-order valence-electron chi connectivity index (χ3n) is 1.51. The van der Waals surface area contributed by atoms with Gasteiger partial charge in [0.15, 0.2) is 0 Å². The lowest BCUT2D eigenvalue weighted by atomic mass is 10.2. The van der Waals surface area contributed by atoms with Crippen LogP contribution in [0.25, 0.3) is 0 Å². The van der Waals surface area contributed by atoms with E-state index in [9.17, 15) is 13.2 Å². The molecule has 0 fully saturated rings. The zero-order valence-electron chi connectivity index (χ0n) is 8.84. The lowest BCUT2D eigenvalue weighted by molar-refractivity contribution is -0.137. The van der Waals surface area contributed by atoms with Crippen LogP contribution in [0.4, 0.5) is 13.2 Å². The predicted octanol–water partition coefficient (Wildman–Crippen LogP) is 3.75. The zero-order chi connectivity index (χ0) is 11.7. The lowest BCUT2D eigenvalue weighted by Crippen LogP contribution is -2.03. The van der Waals surface area contributed by atoms with Gasteiger partial charge >= 0.3 is 6.18 Å². The summed E-state index contributed by atoms with van der Waals surface area (Å²) in [6, 6.07) is 6.36. The van der Waals surface area contributed by atoms with Crippen molar-refractivity contribution in [1.82, 2.24) is 0 Å². The van der Waals surface area contributed by atoms with Crippen LogP contribution < -0.4 is 0 Å². The Morgan fingerprint density at radius 1 is 1.00 bits per heavy atom. The quantitative estimate of drug-likeness (QED) is 0.737. The molecule has 0 bridgehead atoms. The van der Waals surface area contributed by atoms with Crippen LogP contribution in [0, 0.1) is 0 Å². The van der Waals surface area contributed by atoms with Crippen molar-refractivity contribution < 1.29 is 17.9 Å². The van der Waals surface area contributed by atoms with E-state index in [2.05, 4.69) is 0 Å². The normalized spacial score (nSPS) is 10.5. The van der Waals surface area contributed by atoms with Crippen molar-refractivity contribution in [2.75, 3.05) is 13.2 Å². The van der Waals surface area contributed by atoms with Gasteiger partial charge in [0, 0.05) is 13.2 Å². The van der Waals surface area contributed by atoms with Crippen LogP contribution in [0.15, 0.2) is 30.3 Å². The second kappa shape index (κ2) is 7.29. The van der Waals surface area contributed by atoms with Crippen LogP contribution in [-0.4, -0.2) is 13.2 Å². The molecule has 0 N–H and O–H groups in total. The molecule has 0 radical (unpaired) electrons. The maximum absolute atomic E-state index is 11.8. The van der Waals surface area contributed by atoms with E-state index in [-0.39, 0.29) is 0 Å². The molecule has 1 aromatic carbocycles. The molecule has 1 nitrogen and oxygen atoms in total. The van der Waals surface area contributed by atoms with Gasteiger partial charge in [-0.2, -0.15) is 13.2 Å². The highest BCUT2D eigenvalue weighted by molar-refractivity contribution is 5.17. The smallest absolute Gasteiger partial charge is 0.382 e. The van der Waals surface area contributed by atoms with Gasteiger partial charge in [0.25, 0.3) is 0 Å². The van der Waals surface area contributed by atoms with E-state index in [1.165, 1.54) is 12.1 Å². The summed E-state index contributed by atoms with van der Waals surface area (Å²) in [6.45, 7) is 5.67. The Kier molecular flexibility index (Phi) is 6.79. The summed E-state index contributed by atoms with van der Waals surface area (Å²) in [5, 5.41) is 0. The molecule has 0 aromatic heterocycles. The Bertz CT molecular complexity index is 242. The van der Waals surface area contributed by atoms with Crippen molar-refractivity contribution in [2.45, 2.75) is 20.0 Å². The first-order chi connectivity index (χ1) is 7.02. The Labute approximate surface area is 87.9 Å². The topological polar surface area (TPSA) is 9.23 Å². The van der Waals surface area contributed by atoms with E-state index in [4.69, 9.17) is 4.74 Å². The van der Waals surface area contributed by atoms with E-state index in [1.807, 2.05) is 13.8 Å². The van der Waals surface area contributed by atoms with E-state index in [0.717, 1.165) is 25.3 Å². The fraction of sp³-hybridized carbons (Fsp3) is 0.455. The van der Waals surface area contributed by atoms with Gasteiger partial charge in [-0.05, 0) is 13.8 Å². The minimum absolute atomic E-state index is 0.602. The summed E-state index contributed by atoms with van der Waals surface area (Å²) in [6.07, 6.45) is -4.21. The average molecular weight is 220 g/mol. The van der Waals surface area contributed by atoms with Crippen LogP contribution in [0.1, 0.15) is 19.4 Å². The van der Waals surface area contributed by atoms with Gasteiger partial charge in [0.2, 0.25) is 0 Å². The van der Waals surface area contributed by atoms with Crippen LogP contribution in [0.3, 0.4) is 0 Å². The van der Waals surface area contributed by atoms with Crippen molar-refractivity contribution in [3.8, 4) is 0 Å². The fourth-order valence-corrected chi connectivity index (χ4v) is 0.831. The maximum atomic E-state index is 11.8. The third-order valence-corrected chi connectivity index (χ3v) is 1.51. The molecule has 0 aliphatic rings. The number of rotatable bonds is 2. The number of alkyl halides is 3. The third kappa shape index (κ3) is 6.96. The SMILES string of the molecule is CCOCC.FC(F)(F)c1ccccc1. The molecule has 4 heteroatoms. The fourth-order valence-electron chi connectivity index (χ4n) is 0.831. The van der Waals surface area contributed by atoms with Gasteiger partial charge in [0.1, 0.15) is 0 Å². The van der Waals surface area contributed by atoms with E-state index in [1.54, 1.807) is 6.07 Å². The molecule has 1 aromatic rings. The zero-order valence-corrected chi connectivity index (χ0v) is 8.84. The molecule has 1 rings (SSSR count). The maximum Gasteiger partial charge on any atom is 0.416 e. The van der Waals surface area contributed by atoms with Gasteiger partial charge in [-0.25, -0.2) is 0 Å². The molecule has 86 valence electrons. The van der Waals surface area contributed by atoms with Gasteiger partial charge in [-0.1, -0.05) is 30.3 Å². The first-order valence-corrected chi connectivity index (χ1v) is 4.72. The molecule has 0 saturated carbocycles. The molecule has 15 heavy (non-hydrogen) atoms. The van der Waals surface area contributed by atoms with Crippen LogP contribution >= 0.6 is 0 Å². The number of ether oxygens (including phenoxy) is 1. The van der Waals surface area contributed by atoms with Crippen LogP contribution in [0.5, 0.6) is 0 Å². The first-order valence-electron chi connectivity index (χ1n) is 4.72. The van der Waals surface area contributed by atoms with E-state index in [0.29, 0.717) is 0 Å². The van der Waals surface area contributed by atoms with Gasteiger partial charge < -0.3 is 4.74 Å². The first kappa shape index (κ1) is 14.0. The minimum atomic E-state index is -4.21. The molecule has 0 atom stereocenters. The van der Waals surface area contributed by atoms with E-state index >= 15 is 0 Å². The van der Waals surface area contributed by atoms with Crippen LogP contribution in [-0.2, 0) is 10.9 Å². The minimum Gasteiger partial charge on any atom is -0.382 e. The number of benzene rings is 1. The van der Waals surface area contributed by atoms with Crippen LogP contribution in [0.2, 0.25) is 0 Å². The average Bonchev–Trinajstić information content (AvgIpc) is 2.20. The summed E-state index contributed by atoms with van der Waals surface area (Å²) in [5.74, 6) is 0. The molecular formula is C11H15F3O. The number of hydrogen-bond acceptors (Lipinski definition) is 1. The summed E-state index contributed by atoms with van der Waals surface area (Å²) in [7, 11) is 0. The van der Waals surface area contributed by atoms with Gasteiger partial charge in [0.05, 0.1) is 5.56 Å². The van der Waals surface area contributed by atoms with Crippen molar-refractivity contribution in [3.05, 3.63) is 35.9 Å². The lowest BCUT2D eigenvalue weighted by Gasteiger charge is -2.03. The Hall–Kier alpha value is -1.03. The Morgan fingerprint density at radius 3 is 1.67 bits per heavy atom. The predicted molar refractivity (Wildman–Crippen MR) is 53.6 cm³/mol. The van der Waals surface area contributed by atoms with Crippen molar-refractivity contribution in [2.24, 2.45) is 0 Å². The Balaban J connectivity index is 0.000000336. The molecule has 0 heterocycles. The number of halogens is 3. The molecule has 0 amide bonds. The monoisotopic (exact) mass is 220 g/mol. The molecule has 0 unspecified atom stereocenters. The standard InChI is InChI=1S/C7H5F3.C4H10O/c8-7(9,10)6-4-2-1-3-5-6;1-3-5-4-2/h1-5H;3-4H2,1-2H3. The van der Waals surface area contributed by atoms with Crippen molar-refractivity contribution in [1.29, 1.82) is 0 Å². The molecule has 0 spiro atoms. The summed E-state index contributed by atoms with van der Waals surface area (Å²) >= 11 is 0. The highest BCUT2D eigenvalue weighted by Crippen LogP contribution is 2.28. The summed E-state index contributed by atoms with van der Waals surface area (Å²) in [4.78, 5) is 0. The molecule has 0 aliphatic heterocycles. The van der Waals surface area contributed by atoms with Crippen molar-refractivity contribution in [3.63, 3.8) is 0 Å². The van der Waals surface area contributed by atoms with Gasteiger partial charge in [-0.3, -0.25) is 0 Å². The number of hydrogen-bond donors (Lipinski definition) is 0. The van der Waals surface area contributed by atoms with E-state index < -0.39 is 11.7 Å². The highest BCUT2D eigenvalue weighted by atomic mass is 19.4. The second-order valence-electron chi connectivity index (χ2n) is 2.65. The Morgan fingerprint density at radius 2 is 1.47 bits per heavy atom. The molecule has 0 saturated heterocycles. The molecular weight excluding hydrogens is 205 g/mol. The second-order valence-corrected chi connectivity index (χ2v) is 2.65. The molecule has 0 aliphatic carbocycles. The summed E-state index contributed by atoms with van der Waals surface area (Å²) in [5.41, 5.74) is -0.602.